The summed E-state index contributed by atoms with van der Waals surface area (Å²) in [5.74, 6) is 0.559. The molecule has 3 N–H and O–H groups in total. The summed E-state index contributed by atoms with van der Waals surface area (Å²) in [5.41, 5.74) is 6.03. The molecule has 0 spiro atoms. The van der Waals surface area contributed by atoms with Gasteiger partial charge in [0.25, 0.3) is 5.91 Å². The number of hydrogen-bond donors (Lipinski definition) is 2. The van der Waals surface area contributed by atoms with Crippen LogP contribution in [0.1, 0.15) is 0 Å². The summed E-state index contributed by atoms with van der Waals surface area (Å²) in [6.07, 6.45) is 1.46. The van der Waals surface area contributed by atoms with Gasteiger partial charge in [0.15, 0.2) is 6.61 Å². The number of anilines is 2. The van der Waals surface area contributed by atoms with Crippen molar-refractivity contribution in [1.82, 2.24) is 4.98 Å². The number of pyridine rings is 1. The molecule has 0 radical (unpaired) electrons. The molecule has 0 aliphatic carbocycles. The van der Waals surface area contributed by atoms with Crippen molar-refractivity contribution in [2.45, 2.75) is 0 Å². The van der Waals surface area contributed by atoms with E-state index in [9.17, 15) is 4.79 Å². The second-order valence-electron chi connectivity index (χ2n) is 3.74. The number of carbonyl (C=O) groups excluding carboxylic acids is 1. The minimum absolute atomic E-state index is 0.143. The second kappa shape index (κ2) is 6.06. The number of benzene rings is 1. The number of nitrogen functional groups attached to an aromatic ring is 1. The third-order valence-electron chi connectivity index (χ3n) is 2.25. The van der Waals surface area contributed by atoms with Crippen LogP contribution in [0.5, 0.6) is 5.75 Å². The predicted octanol–water partition coefficient (Wildman–Crippen LogP) is 2.33. The van der Waals surface area contributed by atoms with E-state index in [0.29, 0.717) is 22.3 Å². The van der Waals surface area contributed by atoms with Gasteiger partial charge in [0.1, 0.15) is 11.6 Å². The number of aromatic nitrogens is 1. The lowest BCUT2D eigenvalue weighted by atomic mass is 10.3. The Morgan fingerprint density at radius 2 is 2.11 bits per heavy atom. The van der Waals surface area contributed by atoms with Gasteiger partial charge in [-0.15, -0.1) is 0 Å². The lowest BCUT2D eigenvalue weighted by Gasteiger charge is -2.08. The third-order valence-corrected chi connectivity index (χ3v) is 2.56. The average Bonchev–Trinajstić information content (AvgIpc) is 2.40. The van der Waals surface area contributed by atoms with Crippen molar-refractivity contribution >= 4 is 29.0 Å². The first kappa shape index (κ1) is 13.2. The highest BCUT2D eigenvalue weighted by Crippen LogP contribution is 2.22. The fourth-order valence-electron chi connectivity index (χ4n) is 1.36. The number of ether oxygens (including phenoxy) is 1. The maximum atomic E-state index is 11.6. The summed E-state index contributed by atoms with van der Waals surface area (Å²) >= 11 is 5.90. The fraction of sp³-hybridized carbons (Fsp3) is 0.0769. The molecule has 19 heavy (non-hydrogen) atoms. The number of amides is 1. The Labute approximate surface area is 115 Å². The van der Waals surface area contributed by atoms with Gasteiger partial charge >= 0.3 is 0 Å². The SMILES string of the molecule is Nc1ccc(NC(=O)COc2ccccc2Cl)nc1. The Morgan fingerprint density at radius 3 is 2.79 bits per heavy atom. The number of nitrogens with zero attached hydrogens (tertiary/aromatic N) is 1. The van der Waals surface area contributed by atoms with E-state index in [-0.39, 0.29) is 12.5 Å². The second-order valence-corrected chi connectivity index (χ2v) is 4.15. The molecule has 1 aromatic carbocycles. The van der Waals surface area contributed by atoms with Crippen LogP contribution in [0.25, 0.3) is 0 Å². The third kappa shape index (κ3) is 3.86. The predicted molar refractivity (Wildman–Crippen MR) is 74.2 cm³/mol. The molecule has 1 aromatic heterocycles. The smallest absolute Gasteiger partial charge is 0.263 e. The maximum Gasteiger partial charge on any atom is 0.263 e. The Bertz CT molecular complexity index is 572. The topological polar surface area (TPSA) is 77.2 Å². The van der Waals surface area contributed by atoms with Gasteiger partial charge < -0.3 is 15.8 Å². The van der Waals surface area contributed by atoms with Gasteiger partial charge in [-0.1, -0.05) is 23.7 Å². The number of carbonyl (C=O) groups is 1. The summed E-state index contributed by atoms with van der Waals surface area (Å²) in [6.45, 7) is -0.143. The Morgan fingerprint density at radius 1 is 1.32 bits per heavy atom. The van der Waals surface area contributed by atoms with E-state index in [1.54, 1.807) is 36.4 Å². The van der Waals surface area contributed by atoms with Gasteiger partial charge in [0.2, 0.25) is 0 Å². The first-order chi connectivity index (χ1) is 9.15. The van der Waals surface area contributed by atoms with Crippen LogP contribution in [0, 0.1) is 0 Å². The number of para-hydroxylation sites is 1. The zero-order valence-corrected chi connectivity index (χ0v) is 10.7. The molecule has 2 rings (SSSR count). The lowest BCUT2D eigenvalue weighted by Crippen LogP contribution is -2.20. The van der Waals surface area contributed by atoms with Crippen LogP contribution in [0.3, 0.4) is 0 Å². The summed E-state index contributed by atoms with van der Waals surface area (Å²) < 4.78 is 5.30. The molecule has 0 unspecified atom stereocenters. The molecule has 0 saturated heterocycles. The van der Waals surface area contributed by atoms with Crippen LogP contribution >= 0.6 is 11.6 Å². The number of nitrogens with two attached hydrogens (primary N) is 1. The van der Waals surface area contributed by atoms with Crippen molar-refractivity contribution in [3.8, 4) is 5.75 Å². The molecule has 6 heteroatoms. The highest BCUT2D eigenvalue weighted by atomic mass is 35.5. The van der Waals surface area contributed by atoms with Crippen molar-refractivity contribution in [3.05, 3.63) is 47.6 Å². The molecule has 0 saturated carbocycles. The van der Waals surface area contributed by atoms with Gasteiger partial charge in [-0.3, -0.25) is 4.79 Å². The minimum atomic E-state index is -0.322. The molecule has 98 valence electrons. The van der Waals surface area contributed by atoms with E-state index in [1.807, 2.05) is 0 Å². The molecule has 0 aliphatic heterocycles. The van der Waals surface area contributed by atoms with Crippen molar-refractivity contribution in [1.29, 1.82) is 0 Å². The molecule has 1 heterocycles. The Balaban J connectivity index is 1.88. The van der Waals surface area contributed by atoms with Gasteiger partial charge in [-0.25, -0.2) is 4.98 Å². The van der Waals surface area contributed by atoms with Crippen LogP contribution in [0.15, 0.2) is 42.6 Å². The zero-order chi connectivity index (χ0) is 13.7. The van der Waals surface area contributed by atoms with Gasteiger partial charge in [0.05, 0.1) is 16.9 Å². The Kier molecular flexibility index (Phi) is 4.20. The first-order valence-corrected chi connectivity index (χ1v) is 5.91. The quantitative estimate of drug-likeness (QED) is 0.899. The van der Waals surface area contributed by atoms with E-state index < -0.39 is 0 Å². The number of hydrogen-bond acceptors (Lipinski definition) is 4. The molecule has 0 atom stereocenters. The summed E-state index contributed by atoms with van der Waals surface area (Å²) in [4.78, 5) is 15.6. The van der Waals surface area contributed by atoms with Crippen LogP contribution in [-0.2, 0) is 4.79 Å². The van der Waals surface area contributed by atoms with E-state index >= 15 is 0 Å². The van der Waals surface area contributed by atoms with Crippen molar-refractivity contribution in [3.63, 3.8) is 0 Å². The molecule has 1 amide bonds. The first-order valence-electron chi connectivity index (χ1n) is 5.54. The zero-order valence-electron chi connectivity index (χ0n) is 9.97. The van der Waals surface area contributed by atoms with E-state index in [2.05, 4.69) is 10.3 Å². The minimum Gasteiger partial charge on any atom is -0.482 e. The molecule has 0 bridgehead atoms. The molecule has 5 nitrogen and oxygen atoms in total. The molecule has 0 aliphatic rings. The van der Waals surface area contributed by atoms with E-state index in [4.69, 9.17) is 22.1 Å². The molecule has 2 aromatic rings. The molecular weight excluding hydrogens is 266 g/mol. The normalized spacial score (nSPS) is 9.95. The average molecular weight is 278 g/mol. The highest BCUT2D eigenvalue weighted by molar-refractivity contribution is 6.32. The molecule has 0 fully saturated rings. The van der Waals surface area contributed by atoms with E-state index in [0.717, 1.165) is 0 Å². The van der Waals surface area contributed by atoms with Crippen molar-refractivity contribution < 1.29 is 9.53 Å². The van der Waals surface area contributed by atoms with Crippen molar-refractivity contribution in [2.24, 2.45) is 0 Å². The van der Waals surface area contributed by atoms with Gasteiger partial charge in [0, 0.05) is 0 Å². The summed E-state index contributed by atoms with van der Waals surface area (Å²) in [5, 5.41) is 3.04. The van der Waals surface area contributed by atoms with E-state index in [1.165, 1.54) is 6.20 Å². The fourth-order valence-corrected chi connectivity index (χ4v) is 1.55. The molecular formula is C13H12ClN3O2. The van der Waals surface area contributed by atoms with Crippen LogP contribution in [0.2, 0.25) is 5.02 Å². The summed E-state index contributed by atoms with van der Waals surface area (Å²) in [6, 6.07) is 10.2. The number of nitrogens with one attached hydrogen (secondary N) is 1. The van der Waals surface area contributed by atoms with Gasteiger partial charge in [-0.2, -0.15) is 0 Å². The summed E-state index contributed by atoms with van der Waals surface area (Å²) in [7, 11) is 0. The van der Waals surface area contributed by atoms with Crippen LogP contribution in [-0.4, -0.2) is 17.5 Å². The standard InChI is InChI=1S/C13H12ClN3O2/c14-10-3-1-2-4-11(10)19-8-13(18)17-12-6-5-9(15)7-16-12/h1-7H,8,15H2,(H,16,17,18). The highest BCUT2D eigenvalue weighted by Gasteiger charge is 2.06. The monoisotopic (exact) mass is 277 g/mol. The number of rotatable bonds is 4. The van der Waals surface area contributed by atoms with Crippen molar-refractivity contribution in [2.75, 3.05) is 17.7 Å². The Hall–Kier alpha value is -2.27. The number of halogens is 1. The lowest BCUT2D eigenvalue weighted by molar-refractivity contribution is -0.118. The van der Waals surface area contributed by atoms with Crippen LogP contribution < -0.4 is 15.8 Å². The van der Waals surface area contributed by atoms with Crippen LogP contribution in [0.4, 0.5) is 11.5 Å². The largest absolute Gasteiger partial charge is 0.482 e. The maximum absolute atomic E-state index is 11.6. The van der Waals surface area contributed by atoms with Gasteiger partial charge in [-0.05, 0) is 24.3 Å².